The number of hydrogen-bond acceptors (Lipinski definition) is 8. The van der Waals surface area contributed by atoms with Crippen molar-refractivity contribution in [2.24, 2.45) is 0 Å². The van der Waals surface area contributed by atoms with Crippen LogP contribution in [-0.4, -0.2) is 38.3 Å². The Kier molecular flexibility index (Phi) is 6.11. The van der Waals surface area contributed by atoms with Crippen LogP contribution in [0.25, 0.3) is 11.4 Å². The van der Waals surface area contributed by atoms with E-state index in [0.717, 1.165) is 31.6 Å². The van der Waals surface area contributed by atoms with Crippen LogP contribution in [0.2, 0.25) is 0 Å². The number of hydrogen-bond donors (Lipinski definition) is 0. The number of thioether (sulfide) groups is 2. The zero-order valence-electron chi connectivity index (χ0n) is 13.9. The van der Waals surface area contributed by atoms with Crippen molar-refractivity contribution in [3.63, 3.8) is 0 Å². The molecule has 0 saturated heterocycles. The predicted molar refractivity (Wildman–Crippen MR) is 103 cm³/mol. The molecule has 0 unspecified atom stereocenters. The molecule has 3 aromatic rings. The fourth-order valence-corrected chi connectivity index (χ4v) is 4.47. The molecule has 0 amide bonds. The van der Waals surface area contributed by atoms with Gasteiger partial charge in [-0.25, -0.2) is 0 Å². The van der Waals surface area contributed by atoms with Crippen molar-refractivity contribution in [3.8, 4) is 17.1 Å². The van der Waals surface area contributed by atoms with Gasteiger partial charge in [0.2, 0.25) is 0 Å². The largest absolute Gasteiger partial charge is 0.496 e. The molecule has 0 aliphatic carbocycles. The molecular formula is C16H17N5OS3. The van der Waals surface area contributed by atoms with Crippen LogP contribution < -0.4 is 4.74 Å². The van der Waals surface area contributed by atoms with Gasteiger partial charge in [0.05, 0.1) is 18.4 Å². The summed E-state index contributed by atoms with van der Waals surface area (Å²) in [6.07, 6.45) is 3.83. The van der Waals surface area contributed by atoms with Crippen LogP contribution in [-0.2, 0) is 12.3 Å². The van der Waals surface area contributed by atoms with Crippen LogP contribution in [0.3, 0.4) is 0 Å². The maximum Gasteiger partial charge on any atom is 0.192 e. The highest BCUT2D eigenvalue weighted by Gasteiger charge is 2.17. The SMILES string of the molecule is C=CCn1c(SCc2nnc(SC)s2)nnc1-c1ccccc1OC. The Morgan fingerprint density at radius 3 is 2.80 bits per heavy atom. The van der Waals surface area contributed by atoms with Gasteiger partial charge in [-0.15, -0.1) is 27.0 Å². The molecule has 25 heavy (non-hydrogen) atoms. The third-order valence-corrected chi connectivity index (χ3v) is 6.38. The highest BCUT2D eigenvalue weighted by molar-refractivity contribution is 8.00. The first-order valence-electron chi connectivity index (χ1n) is 7.43. The van der Waals surface area contributed by atoms with E-state index < -0.39 is 0 Å². The van der Waals surface area contributed by atoms with Crippen molar-refractivity contribution in [2.75, 3.05) is 13.4 Å². The Bertz CT molecular complexity index is 861. The van der Waals surface area contributed by atoms with Crippen molar-refractivity contribution in [3.05, 3.63) is 41.9 Å². The summed E-state index contributed by atoms with van der Waals surface area (Å²) in [5.41, 5.74) is 0.909. The Morgan fingerprint density at radius 2 is 2.08 bits per heavy atom. The smallest absolute Gasteiger partial charge is 0.192 e. The van der Waals surface area contributed by atoms with Crippen molar-refractivity contribution in [1.29, 1.82) is 0 Å². The minimum Gasteiger partial charge on any atom is -0.496 e. The van der Waals surface area contributed by atoms with E-state index in [1.807, 2.05) is 41.2 Å². The molecule has 0 bridgehead atoms. The number of aromatic nitrogens is 5. The van der Waals surface area contributed by atoms with Crippen LogP contribution in [0.1, 0.15) is 5.01 Å². The third-order valence-electron chi connectivity index (χ3n) is 3.32. The predicted octanol–water partition coefficient (Wildman–Crippen LogP) is 4.01. The van der Waals surface area contributed by atoms with Gasteiger partial charge in [-0.3, -0.25) is 4.57 Å². The summed E-state index contributed by atoms with van der Waals surface area (Å²) in [5.74, 6) is 2.24. The van der Waals surface area contributed by atoms with E-state index in [4.69, 9.17) is 4.74 Å². The van der Waals surface area contributed by atoms with Crippen molar-refractivity contribution < 1.29 is 4.74 Å². The molecule has 1 aromatic carbocycles. The Morgan fingerprint density at radius 1 is 1.24 bits per heavy atom. The monoisotopic (exact) mass is 391 g/mol. The first-order valence-corrected chi connectivity index (χ1v) is 10.5. The van der Waals surface area contributed by atoms with Gasteiger partial charge in [-0.05, 0) is 18.4 Å². The van der Waals surface area contributed by atoms with Crippen molar-refractivity contribution in [2.45, 2.75) is 21.8 Å². The zero-order chi connectivity index (χ0) is 17.6. The molecule has 3 rings (SSSR count). The van der Waals surface area contributed by atoms with Gasteiger partial charge in [-0.2, -0.15) is 0 Å². The lowest BCUT2D eigenvalue weighted by Gasteiger charge is -2.10. The van der Waals surface area contributed by atoms with Gasteiger partial charge in [0.25, 0.3) is 0 Å². The zero-order valence-corrected chi connectivity index (χ0v) is 16.3. The van der Waals surface area contributed by atoms with Gasteiger partial charge in [0.1, 0.15) is 10.8 Å². The second-order valence-corrected chi connectivity index (χ2v) is 7.92. The van der Waals surface area contributed by atoms with Gasteiger partial charge in [-0.1, -0.05) is 53.1 Å². The molecule has 2 heterocycles. The van der Waals surface area contributed by atoms with E-state index in [0.29, 0.717) is 12.3 Å². The minimum absolute atomic E-state index is 0.620. The summed E-state index contributed by atoms with van der Waals surface area (Å²) in [6.45, 7) is 4.47. The molecule has 0 fully saturated rings. The molecule has 2 aromatic heterocycles. The highest BCUT2D eigenvalue weighted by atomic mass is 32.2. The summed E-state index contributed by atoms with van der Waals surface area (Å²) in [7, 11) is 1.65. The molecule has 0 aliphatic heterocycles. The lowest BCUT2D eigenvalue weighted by Crippen LogP contribution is -2.01. The fraction of sp³-hybridized carbons (Fsp3) is 0.250. The quantitative estimate of drug-likeness (QED) is 0.425. The van der Waals surface area contributed by atoms with Gasteiger partial charge in [0, 0.05) is 6.54 Å². The maximum atomic E-state index is 5.45. The number of nitrogens with zero attached hydrogens (tertiary/aromatic N) is 5. The van der Waals surface area contributed by atoms with Gasteiger partial charge >= 0.3 is 0 Å². The molecule has 0 radical (unpaired) electrons. The average Bonchev–Trinajstić information content (AvgIpc) is 3.27. The highest BCUT2D eigenvalue weighted by Crippen LogP contribution is 2.32. The Hall–Kier alpha value is -1.84. The second-order valence-electron chi connectivity index (χ2n) is 4.86. The standard InChI is InChI=1S/C16H17N5OS3/c1-4-9-21-14(11-7-5-6-8-12(11)22-2)18-19-15(21)24-10-13-17-20-16(23-3)25-13/h4-8H,1,9-10H2,2-3H3. The van der Waals surface area contributed by atoms with Gasteiger partial charge < -0.3 is 4.74 Å². The normalized spacial score (nSPS) is 10.8. The third kappa shape index (κ3) is 4.05. The van der Waals surface area contributed by atoms with Crippen LogP contribution in [0, 0.1) is 0 Å². The first kappa shape index (κ1) is 18.0. The number of allylic oxidation sites excluding steroid dienone is 1. The van der Waals surface area contributed by atoms with Crippen LogP contribution >= 0.6 is 34.9 Å². The minimum atomic E-state index is 0.620. The molecule has 0 N–H and O–H groups in total. The van der Waals surface area contributed by atoms with E-state index in [1.54, 1.807) is 42.0 Å². The van der Waals surface area contributed by atoms with Gasteiger partial charge in [0.15, 0.2) is 15.3 Å². The Balaban J connectivity index is 1.87. The molecule has 0 aliphatic rings. The summed E-state index contributed by atoms with van der Waals surface area (Å²) < 4.78 is 8.46. The number of methoxy groups -OCH3 is 1. The van der Waals surface area contributed by atoms with Crippen LogP contribution in [0.4, 0.5) is 0 Å². The molecule has 130 valence electrons. The van der Waals surface area contributed by atoms with E-state index >= 15 is 0 Å². The van der Waals surface area contributed by atoms with Crippen molar-refractivity contribution in [1.82, 2.24) is 25.0 Å². The number of para-hydroxylation sites is 1. The first-order chi connectivity index (χ1) is 12.3. The average molecular weight is 392 g/mol. The van der Waals surface area contributed by atoms with Crippen LogP contribution in [0.15, 0.2) is 46.4 Å². The molecule has 0 spiro atoms. The van der Waals surface area contributed by atoms with E-state index in [2.05, 4.69) is 27.0 Å². The lowest BCUT2D eigenvalue weighted by molar-refractivity contribution is 0.416. The Labute approximate surface area is 158 Å². The molecular weight excluding hydrogens is 374 g/mol. The fourth-order valence-electron chi connectivity index (χ4n) is 2.22. The number of rotatable bonds is 8. The molecule has 0 atom stereocenters. The molecule has 9 heteroatoms. The van der Waals surface area contributed by atoms with E-state index in [9.17, 15) is 0 Å². The molecule has 0 saturated carbocycles. The maximum absolute atomic E-state index is 5.45. The summed E-state index contributed by atoms with van der Waals surface area (Å²) in [5, 5.41) is 18.8. The van der Waals surface area contributed by atoms with Crippen LogP contribution in [0.5, 0.6) is 5.75 Å². The molecule has 6 nitrogen and oxygen atoms in total. The van der Waals surface area contributed by atoms with E-state index in [-0.39, 0.29) is 0 Å². The lowest BCUT2D eigenvalue weighted by atomic mass is 10.2. The van der Waals surface area contributed by atoms with Crippen molar-refractivity contribution >= 4 is 34.9 Å². The number of benzene rings is 1. The number of ether oxygens (including phenoxy) is 1. The summed E-state index contributed by atoms with van der Waals surface area (Å²) in [4.78, 5) is 0. The topological polar surface area (TPSA) is 65.7 Å². The van der Waals surface area contributed by atoms with E-state index in [1.165, 1.54) is 0 Å². The summed E-state index contributed by atoms with van der Waals surface area (Å²) >= 11 is 4.80. The summed E-state index contributed by atoms with van der Waals surface area (Å²) in [6, 6.07) is 7.79. The second kappa shape index (κ2) is 8.50.